The van der Waals surface area contributed by atoms with Gasteiger partial charge in [-0.3, -0.25) is 9.59 Å². The summed E-state index contributed by atoms with van der Waals surface area (Å²) in [4.78, 5) is 30.8. The summed E-state index contributed by atoms with van der Waals surface area (Å²) in [7, 11) is 0. The fourth-order valence-electron chi connectivity index (χ4n) is 2.92. The Morgan fingerprint density at radius 3 is 2.76 bits per heavy atom. The Kier molecular flexibility index (Phi) is 4.15. The third-order valence-electron chi connectivity index (χ3n) is 4.16. The number of carbonyl (C=O) groups is 2. The van der Waals surface area contributed by atoms with Crippen molar-refractivity contribution in [1.29, 1.82) is 0 Å². The fourth-order valence-corrected chi connectivity index (χ4v) is 4.03. The summed E-state index contributed by atoms with van der Waals surface area (Å²) in [5.41, 5.74) is 1.49. The zero-order valence-electron chi connectivity index (χ0n) is 13.1. The number of halogens is 1. The van der Waals surface area contributed by atoms with Crippen molar-refractivity contribution in [2.75, 3.05) is 16.8 Å². The van der Waals surface area contributed by atoms with Crippen molar-refractivity contribution in [2.24, 2.45) is 5.92 Å². The normalized spacial score (nSPS) is 17.2. The van der Waals surface area contributed by atoms with Gasteiger partial charge in [0.15, 0.2) is 5.13 Å². The van der Waals surface area contributed by atoms with Crippen LogP contribution in [0.3, 0.4) is 0 Å². The Hall–Kier alpha value is -2.44. The maximum atomic E-state index is 12.5. The number of benzene rings is 2. The Bertz CT molecular complexity index is 939. The van der Waals surface area contributed by atoms with Crippen LogP contribution in [0.25, 0.3) is 10.2 Å². The van der Waals surface area contributed by atoms with Crippen molar-refractivity contribution in [2.45, 2.75) is 6.42 Å². The lowest BCUT2D eigenvalue weighted by Crippen LogP contribution is -2.28. The van der Waals surface area contributed by atoms with E-state index in [2.05, 4.69) is 10.3 Å². The molecule has 0 saturated carbocycles. The first-order chi connectivity index (χ1) is 12.1. The standard InChI is InChI=1S/C18H14ClN3O2S/c19-12-5-1-3-7-14(12)22-10-11(9-16(22)23)17(24)21-18-20-13-6-2-4-8-15(13)25-18/h1-8,11H,9-10H2,(H,20,21,24)/t11-/m1/s1. The summed E-state index contributed by atoms with van der Waals surface area (Å²) >= 11 is 7.59. The summed E-state index contributed by atoms with van der Waals surface area (Å²) in [5.74, 6) is -0.713. The molecule has 1 aliphatic rings. The number of carbonyl (C=O) groups excluding carboxylic acids is 2. The van der Waals surface area contributed by atoms with Crippen molar-refractivity contribution in [3.63, 3.8) is 0 Å². The molecular weight excluding hydrogens is 358 g/mol. The molecule has 1 saturated heterocycles. The second-order valence-electron chi connectivity index (χ2n) is 5.83. The Morgan fingerprint density at radius 1 is 1.20 bits per heavy atom. The number of nitrogens with zero attached hydrogens (tertiary/aromatic N) is 2. The molecule has 2 heterocycles. The minimum Gasteiger partial charge on any atom is -0.310 e. The van der Waals surface area contributed by atoms with E-state index < -0.39 is 5.92 Å². The van der Waals surface area contributed by atoms with Crippen molar-refractivity contribution < 1.29 is 9.59 Å². The third kappa shape index (κ3) is 3.10. The highest BCUT2D eigenvalue weighted by atomic mass is 35.5. The Morgan fingerprint density at radius 2 is 1.96 bits per heavy atom. The van der Waals surface area contributed by atoms with Crippen LogP contribution in [0.4, 0.5) is 10.8 Å². The first-order valence-electron chi connectivity index (χ1n) is 7.83. The average molecular weight is 372 g/mol. The van der Waals surface area contributed by atoms with Crippen LogP contribution in [0.5, 0.6) is 0 Å². The lowest BCUT2D eigenvalue weighted by atomic mass is 10.1. The predicted molar refractivity (Wildman–Crippen MR) is 100 cm³/mol. The number of hydrogen-bond acceptors (Lipinski definition) is 4. The molecule has 4 rings (SSSR count). The molecule has 1 atom stereocenters. The third-order valence-corrected chi connectivity index (χ3v) is 5.43. The zero-order chi connectivity index (χ0) is 17.4. The van der Waals surface area contributed by atoms with E-state index in [4.69, 9.17) is 11.6 Å². The lowest BCUT2D eigenvalue weighted by molar-refractivity contribution is -0.122. The van der Waals surface area contributed by atoms with Gasteiger partial charge in [-0.05, 0) is 24.3 Å². The molecule has 1 aromatic heterocycles. The monoisotopic (exact) mass is 371 g/mol. The zero-order valence-corrected chi connectivity index (χ0v) is 14.7. The van der Waals surface area contributed by atoms with Crippen LogP contribution in [-0.4, -0.2) is 23.3 Å². The van der Waals surface area contributed by atoms with Crippen molar-refractivity contribution >= 4 is 55.8 Å². The molecule has 5 nitrogen and oxygen atoms in total. The van der Waals surface area contributed by atoms with Gasteiger partial charge in [0, 0.05) is 13.0 Å². The first kappa shape index (κ1) is 16.1. The van der Waals surface area contributed by atoms with Gasteiger partial charge in [-0.1, -0.05) is 47.2 Å². The number of nitrogens with one attached hydrogen (secondary N) is 1. The minimum absolute atomic E-state index is 0.0995. The Labute approximate surface area is 153 Å². The molecule has 0 bridgehead atoms. The van der Waals surface area contributed by atoms with Gasteiger partial charge in [-0.25, -0.2) is 4.98 Å². The topological polar surface area (TPSA) is 62.3 Å². The van der Waals surface area contributed by atoms with Gasteiger partial charge in [0.1, 0.15) is 0 Å². The van der Waals surface area contributed by atoms with Gasteiger partial charge < -0.3 is 10.2 Å². The molecule has 3 aromatic rings. The Balaban J connectivity index is 1.50. The van der Waals surface area contributed by atoms with Gasteiger partial charge in [0.25, 0.3) is 0 Å². The molecule has 7 heteroatoms. The summed E-state index contributed by atoms with van der Waals surface area (Å²) in [6.45, 7) is 0.319. The molecule has 2 amide bonds. The predicted octanol–water partition coefficient (Wildman–Crippen LogP) is 3.94. The molecule has 25 heavy (non-hydrogen) atoms. The molecular formula is C18H14ClN3O2S. The molecule has 0 aliphatic carbocycles. The van der Waals surface area contributed by atoms with Gasteiger partial charge in [0.2, 0.25) is 11.8 Å². The van der Waals surface area contributed by atoms with E-state index in [0.29, 0.717) is 22.4 Å². The van der Waals surface area contributed by atoms with E-state index in [1.807, 2.05) is 36.4 Å². The van der Waals surface area contributed by atoms with Crippen molar-refractivity contribution in [1.82, 2.24) is 4.98 Å². The summed E-state index contributed by atoms with van der Waals surface area (Å²) < 4.78 is 1.01. The molecule has 0 unspecified atom stereocenters. The van der Waals surface area contributed by atoms with Crippen LogP contribution in [0, 0.1) is 5.92 Å². The summed E-state index contributed by atoms with van der Waals surface area (Å²) in [5, 5.41) is 3.89. The first-order valence-corrected chi connectivity index (χ1v) is 9.02. The van der Waals surface area contributed by atoms with Gasteiger partial charge in [-0.2, -0.15) is 0 Å². The van der Waals surface area contributed by atoms with Gasteiger partial charge >= 0.3 is 0 Å². The van der Waals surface area contributed by atoms with E-state index in [9.17, 15) is 9.59 Å². The number of thiazole rings is 1. The average Bonchev–Trinajstić information content (AvgIpc) is 3.18. The number of aromatic nitrogens is 1. The SMILES string of the molecule is O=C(Nc1nc2ccccc2s1)[C@@H]1CC(=O)N(c2ccccc2Cl)C1. The van der Waals surface area contributed by atoms with Gasteiger partial charge in [0.05, 0.1) is 26.8 Å². The van der Waals surface area contributed by atoms with Crippen LogP contribution in [0.2, 0.25) is 5.02 Å². The smallest absolute Gasteiger partial charge is 0.231 e. The number of amides is 2. The second-order valence-corrected chi connectivity index (χ2v) is 7.27. The largest absolute Gasteiger partial charge is 0.310 e. The molecule has 126 valence electrons. The van der Waals surface area contributed by atoms with Crippen LogP contribution in [0.15, 0.2) is 48.5 Å². The number of anilines is 2. The molecule has 0 spiro atoms. The number of para-hydroxylation sites is 2. The second kappa shape index (κ2) is 6.46. The maximum absolute atomic E-state index is 12.5. The van der Waals surface area contributed by atoms with Crippen molar-refractivity contribution in [3.8, 4) is 0 Å². The van der Waals surface area contributed by atoms with Crippen molar-refractivity contribution in [3.05, 3.63) is 53.6 Å². The maximum Gasteiger partial charge on any atom is 0.231 e. The fraction of sp³-hybridized carbons (Fsp3) is 0.167. The summed E-state index contributed by atoms with van der Waals surface area (Å²) in [6.07, 6.45) is 0.169. The van der Waals surface area contributed by atoms with E-state index in [1.165, 1.54) is 11.3 Å². The number of fused-ring (bicyclic) bond motifs is 1. The molecule has 1 fully saturated rings. The highest BCUT2D eigenvalue weighted by Gasteiger charge is 2.36. The highest BCUT2D eigenvalue weighted by Crippen LogP contribution is 2.32. The molecule has 0 radical (unpaired) electrons. The summed E-state index contributed by atoms with van der Waals surface area (Å²) in [6, 6.07) is 14.9. The van der Waals surface area contributed by atoms with Crippen LogP contribution in [-0.2, 0) is 9.59 Å². The van der Waals surface area contributed by atoms with Gasteiger partial charge in [-0.15, -0.1) is 0 Å². The van der Waals surface area contributed by atoms with E-state index in [1.54, 1.807) is 17.0 Å². The molecule has 1 aliphatic heterocycles. The highest BCUT2D eigenvalue weighted by molar-refractivity contribution is 7.22. The van der Waals surface area contributed by atoms with E-state index in [0.717, 1.165) is 10.2 Å². The van der Waals surface area contributed by atoms with Crippen LogP contribution in [0.1, 0.15) is 6.42 Å². The van der Waals surface area contributed by atoms with Crippen LogP contribution >= 0.6 is 22.9 Å². The minimum atomic E-state index is -0.421. The lowest BCUT2D eigenvalue weighted by Gasteiger charge is -2.17. The van der Waals surface area contributed by atoms with Crippen LogP contribution < -0.4 is 10.2 Å². The van der Waals surface area contributed by atoms with E-state index in [-0.39, 0.29) is 18.2 Å². The van der Waals surface area contributed by atoms with E-state index >= 15 is 0 Å². The molecule has 2 aromatic carbocycles. The number of hydrogen-bond donors (Lipinski definition) is 1. The molecule has 1 N–H and O–H groups in total. The quantitative estimate of drug-likeness (QED) is 0.758. The number of rotatable bonds is 3.